The minimum Gasteiger partial charge on any atom is -0.324 e. The van der Waals surface area contributed by atoms with Gasteiger partial charge in [0, 0.05) is 6.04 Å². The second-order valence-corrected chi connectivity index (χ2v) is 4.97. The molecule has 0 radical (unpaired) electrons. The molecule has 0 amide bonds. The van der Waals surface area contributed by atoms with Crippen molar-refractivity contribution in [3.8, 4) is 0 Å². The summed E-state index contributed by atoms with van der Waals surface area (Å²) in [4.78, 5) is 0. The third-order valence-electron chi connectivity index (χ3n) is 3.42. The monoisotopic (exact) mass is 297 g/mol. The third-order valence-corrected chi connectivity index (χ3v) is 3.42. The molecule has 0 aromatic heterocycles. The maximum Gasteiger partial charge on any atom is 0.416 e. The Balaban J connectivity index is 2.37. The molecule has 0 saturated heterocycles. The number of hydrogen-bond acceptors (Lipinski definition) is 1. The highest BCUT2D eigenvalue weighted by Gasteiger charge is 2.34. The van der Waals surface area contributed by atoms with Gasteiger partial charge >= 0.3 is 6.18 Å². The van der Waals surface area contributed by atoms with E-state index in [0.29, 0.717) is 0 Å². The van der Waals surface area contributed by atoms with Gasteiger partial charge in [-0.05, 0) is 48.2 Å². The molecular weight excluding hydrogens is 282 g/mol. The molecule has 0 heterocycles. The van der Waals surface area contributed by atoms with Crippen molar-refractivity contribution in [3.63, 3.8) is 0 Å². The Morgan fingerprint density at radius 3 is 2.38 bits per heavy atom. The molecule has 0 aliphatic heterocycles. The van der Waals surface area contributed by atoms with Gasteiger partial charge < -0.3 is 5.73 Å². The number of aryl methyl sites for hydroxylation is 1. The molecule has 0 aliphatic rings. The van der Waals surface area contributed by atoms with Crippen LogP contribution in [0.25, 0.3) is 0 Å². The van der Waals surface area contributed by atoms with Crippen LogP contribution in [0.3, 0.4) is 0 Å². The van der Waals surface area contributed by atoms with Crippen molar-refractivity contribution in [2.45, 2.75) is 25.6 Å². The van der Waals surface area contributed by atoms with E-state index in [1.165, 1.54) is 0 Å². The maximum absolute atomic E-state index is 13.3. The number of alkyl halides is 3. The van der Waals surface area contributed by atoms with Gasteiger partial charge in [0.2, 0.25) is 0 Å². The summed E-state index contributed by atoms with van der Waals surface area (Å²) < 4.78 is 52.2. The van der Waals surface area contributed by atoms with Crippen LogP contribution in [0.1, 0.15) is 28.3 Å². The molecule has 0 spiro atoms. The zero-order valence-corrected chi connectivity index (χ0v) is 11.4. The van der Waals surface area contributed by atoms with Gasteiger partial charge in [-0.25, -0.2) is 4.39 Å². The van der Waals surface area contributed by atoms with E-state index in [4.69, 9.17) is 5.73 Å². The highest BCUT2D eigenvalue weighted by atomic mass is 19.4. The van der Waals surface area contributed by atoms with Crippen LogP contribution in [0, 0.1) is 12.7 Å². The molecule has 0 fully saturated rings. The first kappa shape index (κ1) is 15.5. The number of rotatable bonds is 3. The van der Waals surface area contributed by atoms with Crippen LogP contribution in [0.2, 0.25) is 0 Å². The average Bonchev–Trinajstić information content (AvgIpc) is 2.40. The Labute approximate surface area is 120 Å². The topological polar surface area (TPSA) is 26.0 Å². The Kier molecular flexibility index (Phi) is 4.32. The van der Waals surface area contributed by atoms with Gasteiger partial charge in [-0.1, -0.05) is 24.3 Å². The van der Waals surface area contributed by atoms with E-state index in [0.717, 1.165) is 29.3 Å². The second-order valence-electron chi connectivity index (χ2n) is 4.97. The SMILES string of the molecule is Cc1ccccc1CC(N)c1cc(F)ccc1C(F)(F)F. The number of halogens is 4. The zero-order chi connectivity index (χ0) is 15.6. The fraction of sp³-hybridized carbons (Fsp3) is 0.250. The quantitative estimate of drug-likeness (QED) is 0.835. The van der Waals surface area contributed by atoms with Crippen LogP contribution in [0.4, 0.5) is 17.6 Å². The second kappa shape index (κ2) is 5.85. The summed E-state index contributed by atoms with van der Waals surface area (Å²) in [6.45, 7) is 1.86. The van der Waals surface area contributed by atoms with Gasteiger partial charge in [-0.3, -0.25) is 0 Å². The maximum atomic E-state index is 13.3. The molecule has 2 N–H and O–H groups in total. The third kappa shape index (κ3) is 3.61. The first-order valence-corrected chi connectivity index (χ1v) is 6.46. The van der Waals surface area contributed by atoms with Crippen LogP contribution < -0.4 is 5.73 Å². The molecule has 112 valence electrons. The smallest absolute Gasteiger partial charge is 0.324 e. The molecule has 2 aromatic carbocycles. The molecular formula is C16H15F4N. The highest BCUT2D eigenvalue weighted by Crippen LogP contribution is 2.35. The lowest BCUT2D eigenvalue weighted by Crippen LogP contribution is -2.20. The molecule has 21 heavy (non-hydrogen) atoms. The molecule has 1 nitrogen and oxygen atoms in total. The molecule has 2 aromatic rings. The molecule has 2 rings (SSSR count). The predicted molar refractivity (Wildman–Crippen MR) is 73.2 cm³/mol. The predicted octanol–water partition coefficient (Wildman–Crippen LogP) is 4.40. The molecule has 1 unspecified atom stereocenters. The first-order chi connectivity index (χ1) is 9.79. The van der Waals surface area contributed by atoms with Crippen LogP contribution in [0.15, 0.2) is 42.5 Å². The number of benzene rings is 2. The van der Waals surface area contributed by atoms with Gasteiger partial charge in [0.1, 0.15) is 5.82 Å². The van der Waals surface area contributed by atoms with Gasteiger partial charge in [0.15, 0.2) is 0 Å². The zero-order valence-electron chi connectivity index (χ0n) is 11.4. The molecule has 0 aliphatic carbocycles. The van der Waals surface area contributed by atoms with E-state index in [-0.39, 0.29) is 12.0 Å². The highest BCUT2D eigenvalue weighted by molar-refractivity contribution is 5.35. The summed E-state index contributed by atoms with van der Waals surface area (Å²) >= 11 is 0. The van der Waals surface area contributed by atoms with E-state index in [1.54, 1.807) is 6.07 Å². The van der Waals surface area contributed by atoms with Crippen LogP contribution in [-0.2, 0) is 12.6 Å². The first-order valence-electron chi connectivity index (χ1n) is 6.46. The molecule has 5 heteroatoms. The van der Waals surface area contributed by atoms with Crippen molar-refractivity contribution in [1.82, 2.24) is 0 Å². The van der Waals surface area contributed by atoms with Crippen molar-refractivity contribution in [2.24, 2.45) is 5.73 Å². The Morgan fingerprint density at radius 2 is 1.76 bits per heavy atom. The van der Waals surface area contributed by atoms with E-state index in [2.05, 4.69) is 0 Å². The van der Waals surface area contributed by atoms with Gasteiger partial charge in [0.05, 0.1) is 5.56 Å². The minimum absolute atomic E-state index is 0.217. The normalized spacial score (nSPS) is 13.2. The lowest BCUT2D eigenvalue weighted by Gasteiger charge is -2.19. The Bertz CT molecular complexity index is 634. The van der Waals surface area contributed by atoms with Crippen molar-refractivity contribution in [2.75, 3.05) is 0 Å². The van der Waals surface area contributed by atoms with Crippen molar-refractivity contribution in [3.05, 3.63) is 70.5 Å². The minimum atomic E-state index is -4.55. The molecule has 1 atom stereocenters. The van der Waals surface area contributed by atoms with Crippen LogP contribution in [0.5, 0.6) is 0 Å². The Morgan fingerprint density at radius 1 is 1.10 bits per heavy atom. The molecule has 0 bridgehead atoms. The largest absolute Gasteiger partial charge is 0.416 e. The fourth-order valence-electron chi connectivity index (χ4n) is 2.28. The van der Waals surface area contributed by atoms with Crippen molar-refractivity contribution < 1.29 is 17.6 Å². The number of nitrogens with two attached hydrogens (primary N) is 1. The van der Waals surface area contributed by atoms with E-state index in [9.17, 15) is 17.6 Å². The summed E-state index contributed by atoms with van der Waals surface area (Å²) in [5.74, 6) is -0.724. The lowest BCUT2D eigenvalue weighted by molar-refractivity contribution is -0.138. The summed E-state index contributed by atoms with van der Waals surface area (Å²) in [6, 6.07) is 8.79. The molecule has 0 saturated carbocycles. The van der Waals surface area contributed by atoms with Crippen molar-refractivity contribution >= 4 is 0 Å². The van der Waals surface area contributed by atoms with Gasteiger partial charge in [0.25, 0.3) is 0 Å². The van der Waals surface area contributed by atoms with Crippen LogP contribution >= 0.6 is 0 Å². The van der Waals surface area contributed by atoms with Crippen molar-refractivity contribution in [1.29, 1.82) is 0 Å². The van der Waals surface area contributed by atoms with E-state index >= 15 is 0 Å². The van der Waals surface area contributed by atoms with Gasteiger partial charge in [-0.15, -0.1) is 0 Å². The lowest BCUT2D eigenvalue weighted by atomic mass is 9.93. The summed E-state index contributed by atoms with van der Waals surface area (Å²) in [5, 5.41) is 0. The van der Waals surface area contributed by atoms with E-state index in [1.807, 2.05) is 25.1 Å². The van der Waals surface area contributed by atoms with Crippen LogP contribution in [-0.4, -0.2) is 0 Å². The number of hydrogen-bond donors (Lipinski definition) is 1. The summed E-state index contributed by atoms with van der Waals surface area (Å²) in [7, 11) is 0. The summed E-state index contributed by atoms with van der Waals surface area (Å²) in [5.41, 5.74) is 6.59. The standard InChI is InChI=1S/C16H15F4N/c1-10-4-2-3-5-11(10)8-15(21)13-9-12(17)6-7-14(13)16(18,19)20/h2-7,9,15H,8,21H2,1H3. The fourth-order valence-corrected chi connectivity index (χ4v) is 2.28. The summed E-state index contributed by atoms with van der Waals surface area (Å²) in [6.07, 6.45) is -4.33. The van der Waals surface area contributed by atoms with Gasteiger partial charge in [-0.2, -0.15) is 13.2 Å². The average molecular weight is 297 g/mol. The van der Waals surface area contributed by atoms with E-state index < -0.39 is 23.6 Å². The Hall–Kier alpha value is -1.88.